The maximum absolute atomic E-state index is 12.0. The first-order valence-corrected chi connectivity index (χ1v) is 8.07. The molecule has 1 atom stereocenters. The molecule has 0 unspecified atom stereocenters. The highest BCUT2D eigenvalue weighted by Crippen LogP contribution is 2.35. The summed E-state index contributed by atoms with van der Waals surface area (Å²) in [5.74, 6) is 0.418. The molecule has 1 aliphatic rings. The third kappa shape index (κ3) is 3.78. The van der Waals surface area contributed by atoms with E-state index in [9.17, 15) is 9.59 Å². The van der Waals surface area contributed by atoms with E-state index in [1.807, 2.05) is 24.3 Å². The Morgan fingerprint density at radius 3 is 2.87 bits per heavy atom. The molecule has 3 N–H and O–H groups in total. The molecule has 0 fully saturated rings. The Labute approximate surface area is 137 Å². The molecule has 0 radical (unpaired) electrons. The van der Waals surface area contributed by atoms with Crippen LogP contribution in [0.15, 0.2) is 47.8 Å². The van der Waals surface area contributed by atoms with Gasteiger partial charge in [0.05, 0.1) is 12.2 Å². The fourth-order valence-electron chi connectivity index (χ4n) is 2.28. The maximum Gasteiger partial charge on any atom is 0.333 e. The first-order valence-electron chi connectivity index (χ1n) is 7.08. The molecule has 1 aromatic heterocycles. The van der Waals surface area contributed by atoms with Crippen LogP contribution in [-0.2, 0) is 0 Å². The van der Waals surface area contributed by atoms with Crippen LogP contribution < -0.4 is 16.2 Å². The van der Waals surface area contributed by atoms with Gasteiger partial charge in [-0.15, -0.1) is 11.8 Å². The Morgan fingerprint density at radius 2 is 2.04 bits per heavy atom. The summed E-state index contributed by atoms with van der Waals surface area (Å²) in [6.07, 6.45) is 5.04. The highest BCUT2D eigenvalue weighted by Gasteiger charge is 2.22. The number of amides is 3. The summed E-state index contributed by atoms with van der Waals surface area (Å²) >= 11 is 1.78. The van der Waals surface area contributed by atoms with E-state index < -0.39 is 11.9 Å². The Balaban J connectivity index is 1.55. The molecular weight excluding hydrogens is 314 g/mol. The molecule has 8 heteroatoms. The molecular formula is C15H15N5O2S. The van der Waals surface area contributed by atoms with Gasteiger partial charge in [0.2, 0.25) is 0 Å². The zero-order valence-corrected chi connectivity index (χ0v) is 13.0. The highest BCUT2D eigenvalue weighted by atomic mass is 32.2. The molecule has 2 aromatic rings. The number of carbonyl (C=O) groups is 2. The molecule has 0 saturated heterocycles. The second kappa shape index (κ2) is 7.10. The number of aromatic nitrogens is 2. The van der Waals surface area contributed by atoms with Gasteiger partial charge in [-0.05, 0) is 18.1 Å². The Hall–Kier alpha value is -2.61. The minimum Gasteiger partial charge on any atom is -0.330 e. The molecule has 0 spiro atoms. The molecule has 0 aliphatic carbocycles. The fourth-order valence-corrected chi connectivity index (χ4v) is 3.41. The van der Waals surface area contributed by atoms with Crippen LogP contribution in [0.5, 0.6) is 0 Å². The normalized spacial score (nSPS) is 16.1. The van der Waals surface area contributed by atoms with Crippen molar-refractivity contribution in [3.8, 4) is 0 Å². The maximum atomic E-state index is 12.0. The second-order valence-electron chi connectivity index (χ2n) is 4.87. The van der Waals surface area contributed by atoms with E-state index in [0.717, 1.165) is 17.7 Å². The van der Waals surface area contributed by atoms with E-state index >= 15 is 0 Å². The largest absolute Gasteiger partial charge is 0.333 e. The minimum absolute atomic E-state index is 0.0686. The minimum atomic E-state index is -0.521. The Kier molecular flexibility index (Phi) is 4.72. The van der Waals surface area contributed by atoms with Crippen LogP contribution in [0.1, 0.15) is 28.5 Å². The lowest BCUT2D eigenvalue weighted by Gasteiger charge is -2.25. The van der Waals surface area contributed by atoms with E-state index in [0.29, 0.717) is 0 Å². The first kappa shape index (κ1) is 15.3. The monoisotopic (exact) mass is 329 g/mol. The van der Waals surface area contributed by atoms with Crippen molar-refractivity contribution in [3.63, 3.8) is 0 Å². The quantitative estimate of drug-likeness (QED) is 0.728. The van der Waals surface area contributed by atoms with Crippen molar-refractivity contribution < 1.29 is 9.59 Å². The number of thioether (sulfide) groups is 1. The van der Waals surface area contributed by atoms with Crippen LogP contribution in [-0.4, -0.2) is 27.7 Å². The van der Waals surface area contributed by atoms with Crippen molar-refractivity contribution >= 4 is 23.7 Å². The molecule has 3 amide bonds. The zero-order valence-electron chi connectivity index (χ0n) is 12.2. The number of nitrogens with zero attached hydrogens (tertiary/aromatic N) is 2. The smallest absolute Gasteiger partial charge is 0.330 e. The van der Waals surface area contributed by atoms with Crippen molar-refractivity contribution in [2.24, 2.45) is 0 Å². The van der Waals surface area contributed by atoms with E-state index in [1.54, 1.807) is 11.8 Å². The topological polar surface area (TPSA) is 96.0 Å². The summed E-state index contributed by atoms with van der Waals surface area (Å²) < 4.78 is 0. The summed E-state index contributed by atoms with van der Waals surface area (Å²) in [4.78, 5) is 32.6. The van der Waals surface area contributed by atoms with Gasteiger partial charge in [-0.3, -0.25) is 15.2 Å². The van der Waals surface area contributed by atoms with Crippen LogP contribution in [0.3, 0.4) is 0 Å². The number of nitrogens with one attached hydrogen (secondary N) is 3. The Bertz CT molecular complexity index is 710. The van der Waals surface area contributed by atoms with Crippen molar-refractivity contribution in [3.05, 3.63) is 54.1 Å². The average Bonchev–Trinajstić information content (AvgIpc) is 2.61. The lowest BCUT2D eigenvalue weighted by Crippen LogP contribution is -2.48. The van der Waals surface area contributed by atoms with Crippen molar-refractivity contribution in [1.82, 2.24) is 26.1 Å². The van der Waals surface area contributed by atoms with Gasteiger partial charge in [0.15, 0.2) is 0 Å². The number of benzene rings is 1. The van der Waals surface area contributed by atoms with Gasteiger partial charge in [-0.2, -0.15) is 0 Å². The summed E-state index contributed by atoms with van der Waals surface area (Å²) in [5, 5.41) is 2.87. The predicted octanol–water partition coefficient (Wildman–Crippen LogP) is 1.66. The van der Waals surface area contributed by atoms with Gasteiger partial charge in [-0.1, -0.05) is 18.2 Å². The van der Waals surface area contributed by atoms with Gasteiger partial charge in [0.1, 0.15) is 5.69 Å². The van der Waals surface area contributed by atoms with Crippen LogP contribution in [0.4, 0.5) is 4.79 Å². The standard InChI is InChI=1S/C15H15N5O2S/c21-14(12-9-16-6-7-17-12)19-20-15(22)18-11-5-8-23-13-4-2-1-3-10(11)13/h1-4,6-7,9,11H,5,8H2,(H,19,21)(H2,18,20,22)/t11-/m0/s1. The number of hydrogen-bond donors (Lipinski definition) is 3. The SMILES string of the molecule is O=C(NNC(=O)c1cnccn1)N[C@H]1CCSc2ccccc21. The molecule has 2 heterocycles. The number of rotatable bonds is 2. The number of fused-ring (bicyclic) bond motifs is 1. The summed E-state index contributed by atoms with van der Waals surface area (Å²) in [6, 6.07) is 7.45. The van der Waals surface area contributed by atoms with Gasteiger partial charge in [0, 0.05) is 23.0 Å². The second-order valence-corrected chi connectivity index (χ2v) is 6.01. The van der Waals surface area contributed by atoms with E-state index in [1.165, 1.54) is 23.5 Å². The van der Waals surface area contributed by atoms with E-state index in [2.05, 4.69) is 26.1 Å². The van der Waals surface area contributed by atoms with E-state index in [4.69, 9.17) is 0 Å². The number of hydrogen-bond acceptors (Lipinski definition) is 5. The van der Waals surface area contributed by atoms with Crippen LogP contribution >= 0.6 is 11.8 Å². The van der Waals surface area contributed by atoms with Gasteiger partial charge in [-0.25, -0.2) is 15.2 Å². The third-order valence-corrected chi connectivity index (χ3v) is 4.47. The predicted molar refractivity (Wildman–Crippen MR) is 85.7 cm³/mol. The lowest BCUT2D eigenvalue weighted by molar-refractivity contribution is 0.0930. The summed E-state index contributed by atoms with van der Waals surface area (Å²) in [5.41, 5.74) is 5.87. The van der Waals surface area contributed by atoms with Crippen molar-refractivity contribution in [2.75, 3.05) is 5.75 Å². The van der Waals surface area contributed by atoms with Gasteiger partial charge in [0.25, 0.3) is 5.91 Å². The molecule has 3 rings (SSSR count). The first-order chi connectivity index (χ1) is 11.2. The molecule has 0 saturated carbocycles. The number of urea groups is 1. The third-order valence-electron chi connectivity index (χ3n) is 3.35. The van der Waals surface area contributed by atoms with E-state index in [-0.39, 0.29) is 11.7 Å². The lowest BCUT2D eigenvalue weighted by atomic mass is 10.0. The molecule has 7 nitrogen and oxygen atoms in total. The van der Waals surface area contributed by atoms with Crippen LogP contribution in [0, 0.1) is 0 Å². The molecule has 1 aliphatic heterocycles. The Morgan fingerprint density at radius 1 is 1.17 bits per heavy atom. The fraction of sp³-hybridized carbons (Fsp3) is 0.200. The molecule has 0 bridgehead atoms. The van der Waals surface area contributed by atoms with Crippen molar-refractivity contribution in [2.45, 2.75) is 17.4 Å². The van der Waals surface area contributed by atoms with Crippen LogP contribution in [0.25, 0.3) is 0 Å². The molecule has 1 aromatic carbocycles. The zero-order chi connectivity index (χ0) is 16.1. The van der Waals surface area contributed by atoms with Crippen LogP contribution in [0.2, 0.25) is 0 Å². The van der Waals surface area contributed by atoms with Crippen molar-refractivity contribution in [1.29, 1.82) is 0 Å². The van der Waals surface area contributed by atoms with Gasteiger partial charge < -0.3 is 5.32 Å². The summed E-state index contributed by atoms with van der Waals surface area (Å²) in [6.45, 7) is 0. The molecule has 118 valence electrons. The van der Waals surface area contributed by atoms with Gasteiger partial charge >= 0.3 is 6.03 Å². The number of hydrazine groups is 1. The summed E-state index contributed by atoms with van der Waals surface area (Å²) in [7, 11) is 0. The number of carbonyl (C=O) groups excluding carboxylic acids is 2. The highest BCUT2D eigenvalue weighted by molar-refractivity contribution is 7.99. The average molecular weight is 329 g/mol. The molecule has 23 heavy (non-hydrogen) atoms.